The Morgan fingerprint density at radius 1 is 1.50 bits per heavy atom. The fourth-order valence-corrected chi connectivity index (χ4v) is 1.53. The molecule has 18 heavy (non-hydrogen) atoms. The second-order valence-electron chi connectivity index (χ2n) is 4.10. The first kappa shape index (κ1) is 14.6. The lowest BCUT2D eigenvalue weighted by Gasteiger charge is -2.16. The smallest absolute Gasteiger partial charge is 0.144 e. The highest BCUT2D eigenvalue weighted by molar-refractivity contribution is 5.30. The number of nitrogens with zero attached hydrogens (tertiary/aromatic N) is 3. The highest BCUT2D eigenvalue weighted by atomic mass is 16.5. The second kappa shape index (κ2) is 8.59. The van der Waals surface area contributed by atoms with E-state index >= 15 is 0 Å². The van der Waals surface area contributed by atoms with Crippen LogP contribution < -0.4 is 5.32 Å². The molecule has 0 bridgehead atoms. The Bertz CT molecular complexity index is 389. The van der Waals surface area contributed by atoms with E-state index in [4.69, 9.17) is 10.00 Å². The molecule has 1 aromatic rings. The number of methoxy groups -OCH3 is 1. The Labute approximate surface area is 108 Å². The number of hydrogen-bond acceptors (Lipinski definition) is 5. The number of ether oxygens (including phenoxy) is 1. The summed E-state index contributed by atoms with van der Waals surface area (Å²) in [6, 6.07) is 5.87. The van der Waals surface area contributed by atoms with Crippen LogP contribution in [0, 0.1) is 11.3 Å². The van der Waals surface area contributed by atoms with Gasteiger partial charge in [-0.15, -0.1) is 0 Å². The lowest BCUT2D eigenvalue weighted by Crippen LogP contribution is -2.31. The van der Waals surface area contributed by atoms with Crippen LogP contribution in [0.15, 0.2) is 18.3 Å². The standard InChI is InChI=1S/C13H20N4O/c1-17(8-9-18-2)7-6-15-11-12-4-3-5-16-13(12)10-14/h3-5,15H,6-9,11H2,1-2H3. The molecule has 0 saturated carbocycles. The van der Waals surface area contributed by atoms with E-state index < -0.39 is 0 Å². The van der Waals surface area contributed by atoms with E-state index in [9.17, 15) is 0 Å². The Morgan fingerprint density at radius 2 is 2.33 bits per heavy atom. The third-order valence-electron chi connectivity index (χ3n) is 2.66. The number of likely N-dealkylation sites (N-methyl/N-ethyl adjacent to an activating group) is 1. The van der Waals surface area contributed by atoms with Gasteiger partial charge >= 0.3 is 0 Å². The van der Waals surface area contributed by atoms with Gasteiger partial charge in [0.15, 0.2) is 0 Å². The molecular weight excluding hydrogens is 228 g/mol. The van der Waals surface area contributed by atoms with Crippen molar-refractivity contribution in [2.24, 2.45) is 0 Å². The Morgan fingerprint density at radius 3 is 3.06 bits per heavy atom. The predicted molar refractivity (Wildman–Crippen MR) is 70.0 cm³/mol. The summed E-state index contributed by atoms with van der Waals surface area (Å²) in [5.74, 6) is 0. The molecule has 0 saturated heterocycles. The van der Waals surface area contributed by atoms with Crippen LogP contribution in [0.3, 0.4) is 0 Å². The van der Waals surface area contributed by atoms with Crippen molar-refractivity contribution in [1.82, 2.24) is 15.2 Å². The van der Waals surface area contributed by atoms with E-state index in [1.165, 1.54) is 0 Å². The van der Waals surface area contributed by atoms with Gasteiger partial charge in [-0.05, 0) is 13.1 Å². The van der Waals surface area contributed by atoms with E-state index in [-0.39, 0.29) is 0 Å². The van der Waals surface area contributed by atoms with Crippen LogP contribution in [-0.2, 0) is 11.3 Å². The minimum Gasteiger partial charge on any atom is -0.383 e. The van der Waals surface area contributed by atoms with E-state index in [0.717, 1.165) is 31.8 Å². The number of rotatable bonds is 8. The summed E-state index contributed by atoms with van der Waals surface area (Å²) in [5, 5.41) is 12.2. The first-order valence-electron chi connectivity index (χ1n) is 6.00. The number of nitriles is 1. The van der Waals surface area contributed by atoms with Crippen LogP contribution in [0.5, 0.6) is 0 Å². The summed E-state index contributed by atoms with van der Waals surface area (Å²) in [5.41, 5.74) is 1.44. The van der Waals surface area contributed by atoms with Gasteiger partial charge in [0.2, 0.25) is 0 Å². The lowest BCUT2D eigenvalue weighted by atomic mass is 10.2. The highest BCUT2D eigenvalue weighted by Gasteiger charge is 2.02. The topological polar surface area (TPSA) is 61.2 Å². The molecule has 1 rings (SSSR count). The molecule has 0 aliphatic carbocycles. The summed E-state index contributed by atoms with van der Waals surface area (Å²) < 4.78 is 5.01. The van der Waals surface area contributed by atoms with Gasteiger partial charge in [-0.3, -0.25) is 0 Å². The molecule has 0 aliphatic heterocycles. The molecule has 0 atom stereocenters. The molecule has 0 spiro atoms. The molecule has 1 aromatic heterocycles. The Balaban J connectivity index is 2.24. The lowest BCUT2D eigenvalue weighted by molar-refractivity contribution is 0.161. The molecule has 5 heteroatoms. The summed E-state index contributed by atoms with van der Waals surface area (Å²) in [7, 11) is 3.77. The molecule has 0 aromatic carbocycles. The van der Waals surface area contributed by atoms with Crippen molar-refractivity contribution in [3.05, 3.63) is 29.6 Å². The third-order valence-corrected chi connectivity index (χ3v) is 2.66. The van der Waals surface area contributed by atoms with Crippen LogP contribution >= 0.6 is 0 Å². The third kappa shape index (κ3) is 5.23. The van der Waals surface area contributed by atoms with Crippen LogP contribution in [0.4, 0.5) is 0 Å². The van der Waals surface area contributed by atoms with Crippen LogP contribution in [-0.4, -0.2) is 50.3 Å². The quantitative estimate of drug-likeness (QED) is 0.683. The van der Waals surface area contributed by atoms with Crippen LogP contribution in [0.1, 0.15) is 11.3 Å². The van der Waals surface area contributed by atoms with Crippen LogP contribution in [0.25, 0.3) is 0 Å². The zero-order valence-corrected chi connectivity index (χ0v) is 11.0. The summed E-state index contributed by atoms with van der Waals surface area (Å²) in [4.78, 5) is 6.22. The zero-order valence-electron chi connectivity index (χ0n) is 11.0. The molecule has 1 heterocycles. The van der Waals surface area contributed by atoms with Crippen molar-refractivity contribution in [3.63, 3.8) is 0 Å². The first-order chi connectivity index (χ1) is 8.77. The van der Waals surface area contributed by atoms with Gasteiger partial charge < -0.3 is 15.0 Å². The zero-order chi connectivity index (χ0) is 13.2. The van der Waals surface area contributed by atoms with Gasteiger partial charge in [-0.25, -0.2) is 4.98 Å². The largest absolute Gasteiger partial charge is 0.383 e. The Hall–Kier alpha value is -1.48. The van der Waals surface area contributed by atoms with Crippen molar-refractivity contribution < 1.29 is 4.74 Å². The van der Waals surface area contributed by atoms with Crippen molar-refractivity contribution in [2.45, 2.75) is 6.54 Å². The van der Waals surface area contributed by atoms with Gasteiger partial charge in [0.25, 0.3) is 0 Å². The number of hydrogen-bond donors (Lipinski definition) is 1. The maximum Gasteiger partial charge on any atom is 0.144 e. The average Bonchev–Trinajstić information content (AvgIpc) is 2.41. The minimum atomic E-state index is 0.498. The molecule has 0 fully saturated rings. The molecule has 0 amide bonds. The fourth-order valence-electron chi connectivity index (χ4n) is 1.53. The molecule has 5 nitrogen and oxygen atoms in total. The second-order valence-corrected chi connectivity index (χ2v) is 4.10. The molecule has 98 valence electrons. The van der Waals surface area contributed by atoms with E-state index in [0.29, 0.717) is 12.2 Å². The van der Waals surface area contributed by atoms with Crippen molar-refractivity contribution in [3.8, 4) is 6.07 Å². The molecule has 0 unspecified atom stereocenters. The van der Waals surface area contributed by atoms with Gasteiger partial charge in [0.1, 0.15) is 11.8 Å². The normalized spacial score (nSPS) is 10.6. The SMILES string of the molecule is COCCN(C)CCNCc1cccnc1C#N. The van der Waals surface area contributed by atoms with Gasteiger partial charge in [0, 0.05) is 45.0 Å². The average molecular weight is 248 g/mol. The fraction of sp³-hybridized carbons (Fsp3) is 0.538. The number of pyridine rings is 1. The van der Waals surface area contributed by atoms with Crippen molar-refractivity contribution >= 4 is 0 Å². The molecule has 0 radical (unpaired) electrons. The predicted octanol–water partition coefficient (Wildman–Crippen LogP) is 0.621. The number of aromatic nitrogens is 1. The summed E-state index contributed by atoms with van der Waals surface area (Å²) >= 11 is 0. The van der Waals surface area contributed by atoms with E-state index in [1.807, 2.05) is 12.1 Å². The van der Waals surface area contributed by atoms with Gasteiger partial charge in [0.05, 0.1) is 6.61 Å². The monoisotopic (exact) mass is 248 g/mol. The minimum absolute atomic E-state index is 0.498. The number of nitrogens with one attached hydrogen (secondary N) is 1. The van der Waals surface area contributed by atoms with Gasteiger partial charge in [-0.2, -0.15) is 5.26 Å². The first-order valence-corrected chi connectivity index (χ1v) is 6.00. The molecular formula is C13H20N4O. The van der Waals surface area contributed by atoms with Crippen LogP contribution in [0.2, 0.25) is 0 Å². The maximum atomic E-state index is 8.90. The maximum absolute atomic E-state index is 8.90. The Kier molecular flexibility index (Phi) is 6.96. The van der Waals surface area contributed by atoms with E-state index in [1.54, 1.807) is 13.3 Å². The molecule has 1 N–H and O–H groups in total. The highest BCUT2D eigenvalue weighted by Crippen LogP contribution is 2.02. The summed E-state index contributed by atoms with van der Waals surface area (Å²) in [6.45, 7) is 4.17. The molecule has 0 aliphatic rings. The summed E-state index contributed by atoms with van der Waals surface area (Å²) in [6.07, 6.45) is 1.64. The van der Waals surface area contributed by atoms with E-state index in [2.05, 4.69) is 28.3 Å². The van der Waals surface area contributed by atoms with Crippen molar-refractivity contribution in [1.29, 1.82) is 5.26 Å². The van der Waals surface area contributed by atoms with Crippen molar-refractivity contribution in [2.75, 3.05) is 40.4 Å². The van der Waals surface area contributed by atoms with Gasteiger partial charge in [-0.1, -0.05) is 6.07 Å².